The molecule has 0 radical (unpaired) electrons. The van der Waals surface area contributed by atoms with Gasteiger partial charge in [-0.25, -0.2) is 0 Å². The summed E-state index contributed by atoms with van der Waals surface area (Å²) in [6.07, 6.45) is 1.64. The summed E-state index contributed by atoms with van der Waals surface area (Å²) in [5.41, 5.74) is 1.13. The lowest BCUT2D eigenvalue weighted by Gasteiger charge is -2.17. The molecule has 1 amide bonds. The van der Waals surface area contributed by atoms with Gasteiger partial charge in [-0.2, -0.15) is 0 Å². The molecule has 0 saturated heterocycles. The van der Waals surface area contributed by atoms with Crippen molar-refractivity contribution in [3.8, 4) is 5.75 Å². The van der Waals surface area contributed by atoms with Crippen LogP contribution in [0.25, 0.3) is 0 Å². The number of unbranched alkanes of at least 4 members (excludes halogenated alkanes) is 1. The van der Waals surface area contributed by atoms with Gasteiger partial charge >= 0.3 is 5.97 Å². The number of hydrogen-bond acceptors (Lipinski definition) is 3. The Morgan fingerprint density at radius 1 is 1.24 bits per heavy atom. The van der Waals surface area contributed by atoms with Crippen molar-refractivity contribution in [2.75, 3.05) is 20.2 Å². The summed E-state index contributed by atoms with van der Waals surface area (Å²) in [6.45, 7) is 2.96. The number of likely N-dealkylation sites (N-methyl/N-ethyl adjacent to an activating group) is 1. The van der Waals surface area contributed by atoms with Crippen LogP contribution in [0.1, 0.15) is 31.2 Å². The molecule has 1 aromatic rings. The van der Waals surface area contributed by atoms with Crippen molar-refractivity contribution in [2.45, 2.75) is 32.6 Å². The SMILES string of the molecule is Cc1cccc(OCCN(C)C(=O)CCCCC(=O)O)c1. The fourth-order valence-corrected chi connectivity index (χ4v) is 1.87. The van der Waals surface area contributed by atoms with Gasteiger partial charge in [-0.1, -0.05) is 12.1 Å². The summed E-state index contributed by atoms with van der Waals surface area (Å²) in [5, 5.41) is 8.52. The molecule has 116 valence electrons. The van der Waals surface area contributed by atoms with E-state index >= 15 is 0 Å². The van der Waals surface area contributed by atoms with Crippen LogP contribution in [0.4, 0.5) is 0 Å². The Kier molecular flexibility index (Phi) is 7.29. The molecular formula is C16H23NO4. The van der Waals surface area contributed by atoms with E-state index in [-0.39, 0.29) is 12.3 Å². The first-order valence-electron chi connectivity index (χ1n) is 7.14. The normalized spacial score (nSPS) is 10.2. The number of benzene rings is 1. The van der Waals surface area contributed by atoms with Crippen LogP contribution in [0.2, 0.25) is 0 Å². The lowest BCUT2D eigenvalue weighted by molar-refractivity contribution is -0.137. The molecule has 5 nitrogen and oxygen atoms in total. The number of ether oxygens (including phenoxy) is 1. The van der Waals surface area contributed by atoms with Gasteiger partial charge in [-0.05, 0) is 37.5 Å². The molecule has 0 saturated carbocycles. The molecule has 0 atom stereocenters. The number of carbonyl (C=O) groups is 2. The molecule has 0 bridgehead atoms. The van der Waals surface area contributed by atoms with Crippen molar-refractivity contribution in [3.05, 3.63) is 29.8 Å². The summed E-state index contributed by atoms with van der Waals surface area (Å²) in [5.74, 6) is 0.00731. The smallest absolute Gasteiger partial charge is 0.303 e. The number of amides is 1. The van der Waals surface area contributed by atoms with E-state index in [0.717, 1.165) is 11.3 Å². The van der Waals surface area contributed by atoms with Crippen molar-refractivity contribution in [2.24, 2.45) is 0 Å². The first-order valence-corrected chi connectivity index (χ1v) is 7.14. The van der Waals surface area contributed by atoms with Gasteiger partial charge in [0.05, 0.1) is 6.54 Å². The molecule has 0 aliphatic rings. The first-order chi connectivity index (χ1) is 9.99. The van der Waals surface area contributed by atoms with E-state index in [2.05, 4.69) is 0 Å². The lowest BCUT2D eigenvalue weighted by atomic mass is 10.2. The summed E-state index contributed by atoms with van der Waals surface area (Å²) >= 11 is 0. The molecule has 5 heteroatoms. The van der Waals surface area contributed by atoms with Gasteiger partial charge in [0.2, 0.25) is 5.91 Å². The number of carbonyl (C=O) groups excluding carboxylic acids is 1. The quantitative estimate of drug-likeness (QED) is 0.710. The Hall–Kier alpha value is -2.04. The van der Waals surface area contributed by atoms with Crippen LogP contribution in [0.15, 0.2) is 24.3 Å². The Bertz CT molecular complexity index is 473. The van der Waals surface area contributed by atoms with Crippen molar-refractivity contribution in [3.63, 3.8) is 0 Å². The molecule has 1 N–H and O–H groups in total. The predicted molar refractivity (Wildman–Crippen MR) is 80.4 cm³/mol. The maximum Gasteiger partial charge on any atom is 0.303 e. The zero-order valence-electron chi connectivity index (χ0n) is 12.7. The van der Waals surface area contributed by atoms with E-state index in [4.69, 9.17) is 9.84 Å². The van der Waals surface area contributed by atoms with Crippen LogP contribution >= 0.6 is 0 Å². The Labute approximate surface area is 125 Å². The van der Waals surface area contributed by atoms with E-state index < -0.39 is 5.97 Å². The van der Waals surface area contributed by atoms with Crippen LogP contribution < -0.4 is 4.74 Å². The third-order valence-electron chi connectivity index (χ3n) is 3.14. The zero-order chi connectivity index (χ0) is 15.7. The van der Waals surface area contributed by atoms with Gasteiger partial charge in [0.1, 0.15) is 12.4 Å². The third kappa shape index (κ3) is 7.34. The predicted octanol–water partition coefficient (Wildman–Crippen LogP) is 2.48. The average Bonchev–Trinajstić information content (AvgIpc) is 2.43. The Morgan fingerprint density at radius 2 is 1.95 bits per heavy atom. The van der Waals surface area contributed by atoms with E-state index in [1.807, 2.05) is 31.2 Å². The number of aryl methyl sites for hydroxylation is 1. The summed E-state index contributed by atoms with van der Waals surface area (Å²) in [4.78, 5) is 23.8. The summed E-state index contributed by atoms with van der Waals surface area (Å²) in [7, 11) is 1.74. The number of carboxylic acid groups (broad SMARTS) is 1. The van der Waals surface area contributed by atoms with Gasteiger partial charge in [0.25, 0.3) is 0 Å². The number of rotatable bonds is 9. The second kappa shape index (κ2) is 9.00. The minimum atomic E-state index is -0.817. The van der Waals surface area contributed by atoms with Gasteiger partial charge in [-0.3, -0.25) is 9.59 Å². The topological polar surface area (TPSA) is 66.8 Å². The molecular weight excluding hydrogens is 270 g/mol. The van der Waals surface area contributed by atoms with Crippen LogP contribution in [-0.4, -0.2) is 42.1 Å². The van der Waals surface area contributed by atoms with Gasteiger partial charge in [-0.15, -0.1) is 0 Å². The second-order valence-corrected chi connectivity index (χ2v) is 5.08. The molecule has 0 aliphatic heterocycles. The molecule has 0 aliphatic carbocycles. The lowest BCUT2D eigenvalue weighted by Crippen LogP contribution is -2.30. The minimum Gasteiger partial charge on any atom is -0.492 e. The maximum absolute atomic E-state index is 11.8. The fourth-order valence-electron chi connectivity index (χ4n) is 1.87. The van der Waals surface area contributed by atoms with Crippen molar-refractivity contribution < 1.29 is 19.4 Å². The van der Waals surface area contributed by atoms with E-state index in [1.54, 1.807) is 11.9 Å². The highest BCUT2D eigenvalue weighted by Gasteiger charge is 2.08. The van der Waals surface area contributed by atoms with Crippen LogP contribution in [0.3, 0.4) is 0 Å². The standard InChI is InChI=1S/C16H23NO4/c1-13-6-5-7-14(12-13)21-11-10-17(2)15(18)8-3-4-9-16(19)20/h5-7,12H,3-4,8-11H2,1-2H3,(H,19,20). The molecule has 0 heterocycles. The largest absolute Gasteiger partial charge is 0.492 e. The van der Waals surface area contributed by atoms with Gasteiger partial charge < -0.3 is 14.7 Å². The minimum absolute atomic E-state index is 0.0215. The zero-order valence-corrected chi connectivity index (χ0v) is 12.7. The molecule has 1 rings (SSSR count). The number of carboxylic acids is 1. The van der Waals surface area contributed by atoms with E-state index in [0.29, 0.717) is 32.4 Å². The second-order valence-electron chi connectivity index (χ2n) is 5.08. The molecule has 0 spiro atoms. The van der Waals surface area contributed by atoms with Crippen molar-refractivity contribution in [1.82, 2.24) is 4.90 Å². The molecule has 0 aromatic heterocycles. The fraction of sp³-hybridized carbons (Fsp3) is 0.500. The molecule has 1 aromatic carbocycles. The highest BCUT2D eigenvalue weighted by molar-refractivity contribution is 5.75. The van der Waals surface area contributed by atoms with Crippen LogP contribution in [0, 0.1) is 6.92 Å². The van der Waals surface area contributed by atoms with E-state index in [1.165, 1.54) is 0 Å². The van der Waals surface area contributed by atoms with Crippen molar-refractivity contribution in [1.29, 1.82) is 0 Å². The van der Waals surface area contributed by atoms with Crippen LogP contribution in [0.5, 0.6) is 5.75 Å². The average molecular weight is 293 g/mol. The maximum atomic E-state index is 11.8. The molecule has 0 fully saturated rings. The summed E-state index contributed by atoms with van der Waals surface area (Å²) in [6, 6.07) is 7.77. The van der Waals surface area contributed by atoms with Gasteiger partial charge in [0, 0.05) is 19.9 Å². The molecule has 0 unspecified atom stereocenters. The number of hydrogen-bond donors (Lipinski definition) is 1. The van der Waals surface area contributed by atoms with Crippen molar-refractivity contribution >= 4 is 11.9 Å². The molecule has 21 heavy (non-hydrogen) atoms. The Morgan fingerprint density at radius 3 is 2.62 bits per heavy atom. The highest BCUT2D eigenvalue weighted by Crippen LogP contribution is 2.12. The highest BCUT2D eigenvalue weighted by atomic mass is 16.5. The first kappa shape index (κ1) is 17.0. The summed E-state index contributed by atoms with van der Waals surface area (Å²) < 4.78 is 5.59. The number of nitrogens with zero attached hydrogens (tertiary/aromatic N) is 1. The number of aliphatic carboxylic acids is 1. The van der Waals surface area contributed by atoms with E-state index in [9.17, 15) is 9.59 Å². The monoisotopic (exact) mass is 293 g/mol. The van der Waals surface area contributed by atoms with Gasteiger partial charge in [0.15, 0.2) is 0 Å². The Balaban J connectivity index is 2.19. The third-order valence-corrected chi connectivity index (χ3v) is 3.14. The van der Waals surface area contributed by atoms with Crippen LogP contribution in [-0.2, 0) is 9.59 Å².